The molecule has 1 aliphatic rings. The summed E-state index contributed by atoms with van der Waals surface area (Å²) in [5, 5.41) is 13.1. The van der Waals surface area contributed by atoms with Gasteiger partial charge in [-0.2, -0.15) is 0 Å². The Bertz CT molecular complexity index is 931. The van der Waals surface area contributed by atoms with Gasteiger partial charge in [0.2, 0.25) is 0 Å². The Hall–Kier alpha value is -0.400. The molecular formula is C19H19Br3N2O. The fraction of sp³-hybridized carbons (Fsp3) is 0.368. The molecule has 0 aliphatic carbocycles. The van der Waals surface area contributed by atoms with E-state index in [4.69, 9.17) is 0 Å². The minimum absolute atomic E-state index is 0.379. The Morgan fingerprint density at radius 2 is 1.64 bits per heavy atom. The first-order chi connectivity index (χ1) is 12.0. The number of aromatic nitrogens is 1. The van der Waals surface area contributed by atoms with Gasteiger partial charge < -0.3 is 14.6 Å². The van der Waals surface area contributed by atoms with Crippen LogP contribution in [0, 0.1) is 0 Å². The van der Waals surface area contributed by atoms with Crippen LogP contribution in [0.15, 0.2) is 43.7 Å². The lowest BCUT2D eigenvalue weighted by Gasteiger charge is -2.20. The highest BCUT2D eigenvalue weighted by atomic mass is 79.9. The van der Waals surface area contributed by atoms with E-state index in [1.54, 1.807) is 0 Å². The van der Waals surface area contributed by atoms with Crippen LogP contribution in [0.25, 0.3) is 21.8 Å². The standard InChI is InChI=1S/C19H19Br3N2O/c20-12-3-4-18-15(7-12)16-8-13(21)9-17(22)19(16)24(18)11-14(25)10-23-5-1-2-6-23/h3-4,7-9,14,25H,1-2,5-6,10-11H2/t14-/m0/s1. The van der Waals surface area contributed by atoms with Crippen LogP contribution in [-0.2, 0) is 6.54 Å². The number of aliphatic hydroxyl groups excluding tert-OH is 1. The lowest BCUT2D eigenvalue weighted by Crippen LogP contribution is -2.32. The normalized spacial score (nSPS) is 17.0. The van der Waals surface area contributed by atoms with Crippen LogP contribution in [0.5, 0.6) is 0 Å². The maximum Gasteiger partial charge on any atom is 0.0845 e. The maximum atomic E-state index is 10.7. The second-order valence-corrected chi connectivity index (χ2v) is 9.40. The van der Waals surface area contributed by atoms with Gasteiger partial charge in [-0.1, -0.05) is 31.9 Å². The summed E-state index contributed by atoms with van der Waals surface area (Å²) in [5.41, 5.74) is 2.29. The number of benzene rings is 2. The second-order valence-electron chi connectivity index (χ2n) is 6.72. The van der Waals surface area contributed by atoms with E-state index >= 15 is 0 Å². The second kappa shape index (κ2) is 7.31. The van der Waals surface area contributed by atoms with Gasteiger partial charge in [0.1, 0.15) is 0 Å². The van der Waals surface area contributed by atoms with Crippen molar-refractivity contribution >= 4 is 69.6 Å². The third-order valence-electron chi connectivity index (χ3n) is 4.90. The molecule has 2 heterocycles. The van der Waals surface area contributed by atoms with E-state index < -0.39 is 0 Å². The maximum absolute atomic E-state index is 10.7. The van der Waals surface area contributed by atoms with Crippen molar-refractivity contribution in [1.29, 1.82) is 0 Å². The van der Waals surface area contributed by atoms with E-state index in [0.29, 0.717) is 6.54 Å². The first kappa shape index (κ1) is 18.0. The summed E-state index contributed by atoms with van der Waals surface area (Å²) < 4.78 is 5.39. The summed E-state index contributed by atoms with van der Waals surface area (Å²) in [6.45, 7) is 3.55. The fourth-order valence-corrected chi connectivity index (χ4v) is 5.65. The topological polar surface area (TPSA) is 28.4 Å². The van der Waals surface area contributed by atoms with E-state index in [9.17, 15) is 5.11 Å². The van der Waals surface area contributed by atoms with Crippen LogP contribution in [-0.4, -0.2) is 40.3 Å². The van der Waals surface area contributed by atoms with Crippen molar-refractivity contribution in [2.45, 2.75) is 25.5 Å². The Labute approximate surface area is 172 Å². The van der Waals surface area contributed by atoms with Crippen molar-refractivity contribution in [2.75, 3.05) is 19.6 Å². The lowest BCUT2D eigenvalue weighted by molar-refractivity contribution is 0.111. The Morgan fingerprint density at radius 1 is 0.920 bits per heavy atom. The van der Waals surface area contributed by atoms with Gasteiger partial charge in [-0.05, 0) is 72.2 Å². The van der Waals surface area contributed by atoms with E-state index in [-0.39, 0.29) is 6.10 Å². The van der Waals surface area contributed by atoms with Crippen LogP contribution in [0.3, 0.4) is 0 Å². The molecule has 1 aromatic heterocycles. The molecule has 2 aromatic carbocycles. The number of β-amino-alcohol motifs (C(OH)–C–C–N with tert-alkyl or cyclic N) is 1. The van der Waals surface area contributed by atoms with Gasteiger partial charge in [0.05, 0.1) is 18.2 Å². The fourth-order valence-electron chi connectivity index (χ4n) is 3.85. The Balaban J connectivity index is 1.80. The summed E-state index contributed by atoms with van der Waals surface area (Å²) in [6.07, 6.45) is 2.11. The van der Waals surface area contributed by atoms with Crippen molar-refractivity contribution in [3.8, 4) is 0 Å². The third-order valence-corrected chi connectivity index (χ3v) is 6.45. The number of hydrogen-bond donors (Lipinski definition) is 1. The predicted octanol–water partition coefficient (Wildman–Crippen LogP) is 5.54. The number of rotatable bonds is 4. The largest absolute Gasteiger partial charge is 0.390 e. The van der Waals surface area contributed by atoms with Crippen LogP contribution >= 0.6 is 47.8 Å². The number of likely N-dealkylation sites (tertiary alicyclic amines) is 1. The molecule has 0 bridgehead atoms. The zero-order chi connectivity index (χ0) is 17.6. The number of hydrogen-bond acceptors (Lipinski definition) is 2. The summed E-state index contributed by atoms with van der Waals surface area (Å²) in [6, 6.07) is 10.6. The molecule has 1 N–H and O–H groups in total. The molecule has 1 atom stereocenters. The van der Waals surface area contributed by atoms with Gasteiger partial charge in [0.15, 0.2) is 0 Å². The molecule has 6 heteroatoms. The average molecular weight is 531 g/mol. The molecular weight excluding hydrogens is 512 g/mol. The van der Waals surface area contributed by atoms with Gasteiger partial charge in [-0.25, -0.2) is 0 Å². The van der Waals surface area contributed by atoms with E-state index in [2.05, 4.69) is 87.6 Å². The molecule has 25 heavy (non-hydrogen) atoms. The van der Waals surface area contributed by atoms with Crippen molar-refractivity contribution in [3.05, 3.63) is 43.7 Å². The van der Waals surface area contributed by atoms with Crippen molar-refractivity contribution in [1.82, 2.24) is 9.47 Å². The smallest absolute Gasteiger partial charge is 0.0845 e. The van der Waals surface area contributed by atoms with E-state index in [1.807, 2.05) is 0 Å². The molecule has 0 unspecified atom stereocenters. The highest BCUT2D eigenvalue weighted by Crippen LogP contribution is 2.37. The average Bonchev–Trinajstić information content (AvgIpc) is 3.14. The minimum Gasteiger partial charge on any atom is -0.390 e. The quantitative estimate of drug-likeness (QED) is 0.480. The molecule has 1 fully saturated rings. The lowest BCUT2D eigenvalue weighted by atomic mass is 10.2. The Morgan fingerprint density at radius 3 is 2.40 bits per heavy atom. The highest BCUT2D eigenvalue weighted by molar-refractivity contribution is 9.11. The summed E-state index contributed by atoms with van der Waals surface area (Å²) >= 11 is 10.9. The SMILES string of the molecule is O[C@@H](CN1CCCC1)Cn1c2ccc(Br)cc2c2cc(Br)cc(Br)c21. The molecule has 0 saturated carbocycles. The number of halogens is 3. The van der Waals surface area contributed by atoms with Crippen LogP contribution < -0.4 is 0 Å². The van der Waals surface area contributed by atoms with E-state index in [0.717, 1.165) is 44.1 Å². The molecule has 4 rings (SSSR count). The summed E-state index contributed by atoms with van der Waals surface area (Å²) in [4.78, 5) is 2.36. The van der Waals surface area contributed by atoms with Gasteiger partial charge in [0, 0.05) is 36.3 Å². The van der Waals surface area contributed by atoms with Gasteiger partial charge in [-0.15, -0.1) is 0 Å². The van der Waals surface area contributed by atoms with Crippen molar-refractivity contribution < 1.29 is 5.11 Å². The molecule has 1 aliphatic heterocycles. The molecule has 1 saturated heterocycles. The highest BCUT2D eigenvalue weighted by Gasteiger charge is 2.20. The molecule has 3 nitrogen and oxygen atoms in total. The van der Waals surface area contributed by atoms with Gasteiger partial charge >= 0.3 is 0 Å². The summed E-state index contributed by atoms with van der Waals surface area (Å²) in [7, 11) is 0. The molecule has 132 valence electrons. The molecule has 0 amide bonds. The predicted molar refractivity (Wildman–Crippen MR) is 114 cm³/mol. The first-order valence-corrected chi connectivity index (χ1v) is 10.9. The molecule has 0 radical (unpaired) electrons. The third kappa shape index (κ3) is 3.56. The van der Waals surface area contributed by atoms with Crippen molar-refractivity contribution in [3.63, 3.8) is 0 Å². The first-order valence-electron chi connectivity index (χ1n) is 8.50. The minimum atomic E-state index is -0.379. The van der Waals surface area contributed by atoms with Crippen LogP contribution in [0.4, 0.5) is 0 Å². The van der Waals surface area contributed by atoms with Crippen LogP contribution in [0.1, 0.15) is 12.8 Å². The van der Waals surface area contributed by atoms with Crippen molar-refractivity contribution in [2.24, 2.45) is 0 Å². The van der Waals surface area contributed by atoms with Gasteiger partial charge in [-0.3, -0.25) is 0 Å². The van der Waals surface area contributed by atoms with Crippen LogP contribution in [0.2, 0.25) is 0 Å². The molecule has 3 aromatic rings. The monoisotopic (exact) mass is 528 g/mol. The number of nitrogens with zero attached hydrogens (tertiary/aromatic N) is 2. The van der Waals surface area contributed by atoms with Gasteiger partial charge in [0.25, 0.3) is 0 Å². The Kier molecular flexibility index (Phi) is 5.26. The zero-order valence-corrected chi connectivity index (χ0v) is 18.4. The number of fused-ring (bicyclic) bond motifs is 3. The molecule has 0 spiro atoms. The summed E-state index contributed by atoms with van der Waals surface area (Å²) in [5.74, 6) is 0. The number of aliphatic hydroxyl groups is 1. The van der Waals surface area contributed by atoms with E-state index in [1.165, 1.54) is 23.6 Å². The zero-order valence-electron chi connectivity index (χ0n) is 13.7.